The zero-order valence-electron chi connectivity index (χ0n) is 15.0. The number of aromatic nitrogens is 3. The maximum absolute atomic E-state index is 13.0. The standard InChI is InChI=1S/C20H17N5O3/c1-12(16-8-5-9-28-16)23-20(27)15-10-14(13-6-3-2-4-7-13)24-19-17(18(21)26)22-11-25(15)19/h2-12H,1H3,(H2,21,26)(H,23,27). The van der Waals surface area contributed by atoms with Crippen LogP contribution in [-0.2, 0) is 0 Å². The first-order chi connectivity index (χ1) is 13.5. The van der Waals surface area contributed by atoms with Gasteiger partial charge in [0.25, 0.3) is 11.8 Å². The normalized spacial score (nSPS) is 12.0. The summed E-state index contributed by atoms with van der Waals surface area (Å²) in [6.07, 6.45) is 2.91. The zero-order chi connectivity index (χ0) is 19.7. The molecule has 2 amide bonds. The van der Waals surface area contributed by atoms with Crippen molar-refractivity contribution >= 4 is 17.5 Å². The highest BCUT2D eigenvalue weighted by Crippen LogP contribution is 2.22. The molecule has 1 aromatic carbocycles. The highest BCUT2D eigenvalue weighted by atomic mass is 16.3. The topological polar surface area (TPSA) is 116 Å². The van der Waals surface area contributed by atoms with Crippen LogP contribution >= 0.6 is 0 Å². The Labute approximate surface area is 160 Å². The van der Waals surface area contributed by atoms with Crippen molar-refractivity contribution in [2.24, 2.45) is 5.73 Å². The van der Waals surface area contributed by atoms with E-state index in [0.29, 0.717) is 11.5 Å². The van der Waals surface area contributed by atoms with Crippen LogP contribution in [0.1, 0.15) is 39.7 Å². The predicted molar refractivity (Wildman–Crippen MR) is 102 cm³/mol. The van der Waals surface area contributed by atoms with Crippen molar-refractivity contribution in [2.75, 3.05) is 0 Å². The van der Waals surface area contributed by atoms with Crippen LogP contribution in [0.25, 0.3) is 16.9 Å². The lowest BCUT2D eigenvalue weighted by Gasteiger charge is -2.13. The quantitative estimate of drug-likeness (QED) is 0.556. The first-order valence-electron chi connectivity index (χ1n) is 8.62. The third-order valence-electron chi connectivity index (χ3n) is 4.35. The van der Waals surface area contributed by atoms with E-state index < -0.39 is 5.91 Å². The summed E-state index contributed by atoms with van der Waals surface area (Å²) in [6, 6.07) is 14.2. The third kappa shape index (κ3) is 3.11. The van der Waals surface area contributed by atoms with Crippen molar-refractivity contribution in [3.8, 4) is 11.3 Å². The predicted octanol–water partition coefficient (Wildman–Crippen LogP) is 2.58. The summed E-state index contributed by atoms with van der Waals surface area (Å²) in [7, 11) is 0. The molecule has 28 heavy (non-hydrogen) atoms. The lowest BCUT2D eigenvalue weighted by atomic mass is 10.1. The van der Waals surface area contributed by atoms with Crippen molar-refractivity contribution in [2.45, 2.75) is 13.0 Å². The molecule has 3 heterocycles. The smallest absolute Gasteiger partial charge is 0.271 e. The Hall–Kier alpha value is -3.94. The molecule has 3 aromatic heterocycles. The fourth-order valence-corrected chi connectivity index (χ4v) is 2.96. The van der Waals surface area contributed by atoms with E-state index in [4.69, 9.17) is 10.2 Å². The highest BCUT2D eigenvalue weighted by molar-refractivity contribution is 5.99. The zero-order valence-corrected chi connectivity index (χ0v) is 15.0. The van der Waals surface area contributed by atoms with Crippen LogP contribution in [0, 0.1) is 0 Å². The average Bonchev–Trinajstić information content (AvgIpc) is 3.37. The number of furan rings is 1. The van der Waals surface area contributed by atoms with Gasteiger partial charge in [-0.3, -0.25) is 14.0 Å². The maximum Gasteiger partial charge on any atom is 0.271 e. The largest absolute Gasteiger partial charge is 0.467 e. The molecular weight excluding hydrogens is 358 g/mol. The van der Waals surface area contributed by atoms with Crippen molar-refractivity contribution in [3.63, 3.8) is 0 Å². The minimum atomic E-state index is -0.712. The number of primary amides is 1. The number of rotatable bonds is 5. The molecule has 0 bridgehead atoms. The van der Waals surface area contributed by atoms with Gasteiger partial charge in [-0.2, -0.15) is 0 Å². The fourth-order valence-electron chi connectivity index (χ4n) is 2.96. The molecule has 1 atom stereocenters. The summed E-state index contributed by atoms with van der Waals surface area (Å²) >= 11 is 0. The molecule has 8 nitrogen and oxygen atoms in total. The number of carbonyl (C=O) groups excluding carboxylic acids is 2. The van der Waals surface area contributed by atoms with E-state index in [9.17, 15) is 9.59 Å². The summed E-state index contributed by atoms with van der Waals surface area (Å²) in [5, 5.41) is 2.88. The number of hydrogen-bond acceptors (Lipinski definition) is 5. The molecule has 140 valence electrons. The molecule has 0 aliphatic carbocycles. The van der Waals surface area contributed by atoms with Crippen LogP contribution in [0.15, 0.2) is 65.5 Å². The van der Waals surface area contributed by atoms with Crippen molar-refractivity contribution in [3.05, 3.63) is 78.3 Å². The van der Waals surface area contributed by atoms with Gasteiger partial charge in [0.05, 0.1) is 18.0 Å². The van der Waals surface area contributed by atoms with E-state index in [-0.39, 0.29) is 29.0 Å². The summed E-state index contributed by atoms with van der Waals surface area (Å²) in [5.41, 5.74) is 7.26. The summed E-state index contributed by atoms with van der Waals surface area (Å²) in [5.74, 6) is -0.442. The number of nitrogens with zero attached hydrogens (tertiary/aromatic N) is 3. The van der Waals surface area contributed by atoms with Gasteiger partial charge >= 0.3 is 0 Å². The van der Waals surface area contributed by atoms with E-state index in [2.05, 4.69) is 15.3 Å². The van der Waals surface area contributed by atoms with Crippen LogP contribution in [-0.4, -0.2) is 26.2 Å². The molecule has 8 heteroatoms. The summed E-state index contributed by atoms with van der Waals surface area (Å²) < 4.78 is 6.80. The number of carbonyl (C=O) groups is 2. The van der Waals surface area contributed by atoms with E-state index in [1.165, 1.54) is 10.7 Å². The summed E-state index contributed by atoms with van der Waals surface area (Å²) in [4.78, 5) is 33.2. The number of fused-ring (bicyclic) bond motifs is 1. The number of nitrogens with one attached hydrogen (secondary N) is 1. The molecule has 4 rings (SSSR count). The molecule has 0 saturated carbocycles. The number of hydrogen-bond donors (Lipinski definition) is 2. The number of benzene rings is 1. The van der Waals surface area contributed by atoms with Gasteiger partial charge in [0.2, 0.25) is 0 Å². The Morgan fingerprint density at radius 3 is 2.64 bits per heavy atom. The lowest BCUT2D eigenvalue weighted by molar-refractivity contribution is 0.0927. The molecule has 1 unspecified atom stereocenters. The SMILES string of the molecule is CC(NC(=O)c1cc(-c2ccccc2)nc2c(C(N)=O)ncn12)c1ccco1. The third-order valence-corrected chi connectivity index (χ3v) is 4.35. The van der Waals surface area contributed by atoms with Gasteiger partial charge in [-0.25, -0.2) is 9.97 Å². The molecule has 0 aliphatic rings. The van der Waals surface area contributed by atoms with E-state index in [1.807, 2.05) is 37.3 Å². The number of amides is 2. The monoisotopic (exact) mass is 375 g/mol. The molecule has 4 aromatic rings. The van der Waals surface area contributed by atoms with E-state index >= 15 is 0 Å². The van der Waals surface area contributed by atoms with Crippen LogP contribution in [0.2, 0.25) is 0 Å². The van der Waals surface area contributed by atoms with Gasteiger partial charge in [-0.15, -0.1) is 0 Å². The van der Waals surface area contributed by atoms with Gasteiger partial charge in [0, 0.05) is 5.56 Å². The van der Waals surface area contributed by atoms with Crippen LogP contribution in [0.4, 0.5) is 0 Å². The fraction of sp³-hybridized carbons (Fsp3) is 0.100. The first kappa shape index (κ1) is 17.5. The molecule has 0 saturated heterocycles. The Kier molecular flexibility index (Phi) is 4.36. The van der Waals surface area contributed by atoms with Crippen molar-refractivity contribution < 1.29 is 14.0 Å². The summed E-state index contributed by atoms with van der Waals surface area (Å²) in [6.45, 7) is 1.82. The van der Waals surface area contributed by atoms with Gasteiger partial charge in [0.15, 0.2) is 11.3 Å². The minimum Gasteiger partial charge on any atom is -0.467 e. The maximum atomic E-state index is 13.0. The van der Waals surface area contributed by atoms with E-state index in [1.54, 1.807) is 24.5 Å². The Morgan fingerprint density at radius 2 is 1.96 bits per heavy atom. The number of imidazole rings is 1. The molecular formula is C20H17N5O3. The van der Waals surface area contributed by atoms with Crippen LogP contribution in [0.5, 0.6) is 0 Å². The second-order valence-corrected chi connectivity index (χ2v) is 6.25. The van der Waals surface area contributed by atoms with Gasteiger partial charge < -0.3 is 15.5 Å². The lowest BCUT2D eigenvalue weighted by Crippen LogP contribution is -2.28. The van der Waals surface area contributed by atoms with Crippen LogP contribution < -0.4 is 11.1 Å². The Bertz CT molecular complexity index is 1150. The highest BCUT2D eigenvalue weighted by Gasteiger charge is 2.21. The first-order valence-corrected chi connectivity index (χ1v) is 8.62. The number of nitrogens with two attached hydrogens (primary N) is 1. The van der Waals surface area contributed by atoms with Gasteiger partial charge in [-0.05, 0) is 25.1 Å². The Balaban J connectivity index is 1.82. The molecule has 3 N–H and O–H groups in total. The molecule has 0 spiro atoms. The molecule has 0 aliphatic heterocycles. The van der Waals surface area contributed by atoms with Crippen LogP contribution in [0.3, 0.4) is 0 Å². The van der Waals surface area contributed by atoms with Gasteiger partial charge in [0.1, 0.15) is 17.8 Å². The van der Waals surface area contributed by atoms with Crippen molar-refractivity contribution in [1.82, 2.24) is 19.7 Å². The molecule has 0 radical (unpaired) electrons. The van der Waals surface area contributed by atoms with E-state index in [0.717, 1.165) is 5.56 Å². The van der Waals surface area contributed by atoms with Gasteiger partial charge in [-0.1, -0.05) is 30.3 Å². The second kappa shape index (κ2) is 6.99. The van der Waals surface area contributed by atoms with Crippen molar-refractivity contribution in [1.29, 1.82) is 0 Å². The molecule has 0 fully saturated rings. The second-order valence-electron chi connectivity index (χ2n) is 6.25. The minimum absolute atomic E-state index is 0.00548. The Morgan fingerprint density at radius 1 is 1.18 bits per heavy atom. The average molecular weight is 375 g/mol.